The molecule has 1 fully saturated rings. The van der Waals surface area contributed by atoms with Crippen LogP contribution in [0.15, 0.2) is 48.5 Å². The van der Waals surface area contributed by atoms with E-state index in [4.69, 9.17) is 28.6 Å². The SMILES string of the molecule is COc1ccc(/C=C/C(=O)NC(=S)Nc2ccc(N3CCC(C)CC3)c(Cl)c2)cc1. The Balaban J connectivity index is 1.53. The van der Waals surface area contributed by atoms with E-state index in [9.17, 15) is 4.79 Å². The average Bonchev–Trinajstić information content (AvgIpc) is 2.73. The van der Waals surface area contributed by atoms with Crippen molar-refractivity contribution >= 4 is 52.3 Å². The highest BCUT2D eigenvalue weighted by atomic mass is 35.5. The number of piperidine rings is 1. The maximum atomic E-state index is 12.1. The lowest BCUT2D eigenvalue weighted by Gasteiger charge is -2.32. The summed E-state index contributed by atoms with van der Waals surface area (Å²) in [6.45, 7) is 4.32. The van der Waals surface area contributed by atoms with E-state index in [2.05, 4.69) is 22.5 Å². The van der Waals surface area contributed by atoms with Crippen molar-refractivity contribution in [1.29, 1.82) is 0 Å². The fourth-order valence-corrected chi connectivity index (χ4v) is 3.81. The highest BCUT2D eigenvalue weighted by Crippen LogP contribution is 2.31. The van der Waals surface area contributed by atoms with Crippen molar-refractivity contribution < 1.29 is 9.53 Å². The fraction of sp³-hybridized carbons (Fsp3) is 0.304. The maximum absolute atomic E-state index is 12.1. The Morgan fingerprint density at radius 1 is 1.20 bits per heavy atom. The predicted octanol–water partition coefficient (Wildman–Crippen LogP) is 5.11. The average molecular weight is 444 g/mol. The molecule has 30 heavy (non-hydrogen) atoms. The number of nitrogens with zero attached hydrogens (tertiary/aromatic N) is 1. The van der Waals surface area contributed by atoms with E-state index in [0.717, 1.165) is 41.7 Å². The van der Waals surface area contributed by atoms with Crippen LogP contribution in [0.1, 0.15) is 25.3 Å². The highest BCUT2D eigenvalue weighted by molar-refractivity contribution is 7.80. The molecule has 5 nitrogen and oxygen atoms in total. The van der Waals surface area contributed by atoms with Gasteiger partial charge in [-0.2, -0.15) is 0 Å². The van der Waals surface area contributed by atoms with Crippen molar-refractivity contribution in [1.82, 2.24) is 5.32 Å². The van der Waals surface area contributed by atoms with Crippen LogP contribution < -0.4 is 20.3 Å². The summed E-state index contributed by atoms with van der Waals surface area (Å²) in [5.41, 5.74) is 2.66. The van der Waals surface area contributed by atoms with Crippen LogP contribution in [0.5, 0.6) is 5.75 Å². The van der Waals surface area contributed by atoms with Gasteiger partial charge >= 0.3 is 0 Å². The Bertz CT molecular complexity index is 923. The molecule has 0 atom stereocenters. The summed E-state index contributed by atoms with van der Waals surface area (Å²) in [6.07, 6.45) is 5.50. The second kappa shape index (κ2) is 10.5. The van der Waals surface area contributed by atoms with Gasteiger partial charge in [0.25, 0.3) is 0 Å². The molecule has 2 aromatic carbocycles. The minimum absolute atomic E-state index is 0.218. The third-order valence-corrected chi connectivity index (χ3v) is 5.62. The molecule has 0 aromatic heterocycles. The number of amides is 1. The van der Waals surface area contributed by atoms with E-state index in [0.29, 0.717) is 5.02 Å². The van der Waals surface area contributed by atoms with Crippen LogP contribution in [0.4, 0.5) is 11.4 Å². The smallest absolute Gasteiger partial charge is 0.250 e. The van der Waals surface area contributed by atoms with Crippen molar-refractivity contribution in [2.24, 2.45) is 5.92 Å². The monoisotopic (exact) mass is 443 g/mol. The van der Waals surface area contributed by atoms with Gasteiger partial charge in [0.1, 0.15) is 5.75 Å². The van der Waals surface area contributed by atoms with Gasteiger partial charge in [-0.3, -0.25) is 10.1 Å². The molecular formula is C23H26ClN3O2S. The first-order valence-corrected chi connectivity index (χ1v) is 10.7. The predicted molar refractivity (Wildman–Crippen MR) is 128 cm³/mol. The van der Waals surface area contributed by atoms with E-state index in [-0.39, 0.29) is 11.0 Å². The zero-order valence-electron chi connectivity index (χ0n) is 17.2. The Labute approximate surface area is 188 Å². The van der Waals surface area contributed by atoms with E-state index < -0.39 is 0 Å². The summed E-state index contributed by atoms with van der Waals surface area (Å²) in [5, 5.41) is 6.54. The van der Waals surface area contributed by atoms with E-state index in [1.54, 1.807) is 13.2 Å². The standard InChI is InChI=1S/C23H26ClN3O2S/c1-16-11-13-27(14-12-16)21-9-6-18(15-20(21)24)25-23(30)26-22(28)10-5-17-3-7-19(29-2)8-4-17/h3-10,15-16H,11-14H2,1-2H3,(H2,25,26,28,30)/b10-5+. The third-order valence-electron chi connectivity index (χ3n) is 5.11. The number of methoxy groups -OCH3 is 1. The number of nitrogens with one attached hydrogen (secondary N) is 2. The fourth-order valence-electron chi connectivity index (χ4n) is 3.29. The normalized spacial score (nSPS) is 14.6. The first kappa shape index (κ1) is 22.1. The topological polar surface area (TPSA) is 53.6 Å². The number of rotatable bonds is 5. The molecule has 0 unspecified atom stereocenters. The Morgan fingerprint density at radius 3 is 2.53 bits per heavy atom. The van der Waals surface area contributed by atoms with Crippen LogP contribution in [-0.2, 0) is 4.79 Å². The number of carbonyl (C=O) groups is 1. The summed E-state index contributed by atoms with van der Waals surface area (Å²) < 4.78 is 5.12. The molecule has 1 heterocycles. The molecule has 158 valence electrons. The molecule has 3 rings (SSSR count). The molecule has 0 radical (unpaired) electrons. The molecular weight excluding hydrogens is 418 g/mol. The second-order valence-electron chi connectivity index (χ2n) is 7.39. The van der Waals surface area contributed by atoms with Crippen molar-refractivity contribution in [2.45, 2.75) is 19.8 Å². The molecule has 0 bridgehead atoms. The van der Waals surface area contributed by atoms with Gasteiger partial charge in [-0.15, -0.1) is 0 Å². The molecule has 1 amide bonds. The zero-order chi connectivity index (χ0) is 21.5. The maximum Gasteiger partial charge on any atom is 0.250 e. The lowest BCUT2D eigenvalue weighted by atomic mass is 9.99. The summed E-state index contributed by atoms with van der Waals surface area (Å²) in [7, 11) is 1.61. The second-order valence-corrected chi connectivity index (χ2v) is 8.20. The number of benzene rings is 2. The van der Waals surface area contributed by atoms with Gasteiger partial charge in [-0.25, -0.2) is 0 Å². The van der Waals surface area contributed by atoms with Crippen molar-refractivity contribution in [3.05, 3.63) is 59.1 Å². The van der Waals surface area contributed by atoms with E-state index in [1.807, 2.05) is 42.5 Å². The highest BCUT2D eigenvalue weighted by Gasteiger charge is 2.18. The number of halogens is 1. The quantitative estimate of drug-likeness (QED) is 0.496. The van der Waals surface area contributed by atoms with Crippen LogP contribution in [0, 0.1) is 5.92 Å². The van der Waals surface area contributed by atoms with Gasteiger partial charge in [0.2, 0.25) is 5.91 Å². The van der Waals surface area contributed by atoms with E-state index in [1.165, 1.54) is 18.9 Å². The zero-order valence-corrected chi connectivity index (χ0v) is 18.7. The van der Waals surface area contributed by atoms with Gasteiger partial charge in [0.05, 0.1) is 17.8 Å². The Morgan fingerprint density at radius 2 is 1.90 bits per heavy atom. The largest absolute Gasteiger partial charge is 0.497 e. The van der Waals surface area contributed by atoms with Crippen LogP contribution in [0.25, 0.3) is 6.08 Å². The lowest BCUT2D eigenvalue weighted by Crippen LogP contribution is -2.33. The summed E-state index contributed by atoms with van der Waals surface area (Å²) in [5.74, 6) is 1.22. The van der Waals surface area contributed by atoms with Gasteiger partial charge in [-0.05, 0) is 72.9 Å². The number of ether oxygens (including phenoxy) is 1. The number of hydrogen-bond donors (Lipinski definition) is 2. The molecule has 2 N–H and O–H groups in total. The number of anilines is 2. The first-order chi connectivity index (χ1) is 14.4. The molecule has 1 aliphatic heterocycles. The van der Waals surface area contributed by atoms with Crippen LogP contribution in [0.2, 0.25) is 5.02 Å². The molecule has 7 heteroatoms. The first-order valence-electron chi connectivity index (χ1n) is 9.93. The minimum Gasteiger partial charge on any atom is -0.497 e. The molecule has 2 aromatic rings. The minimum atomic E-state index is -0.312. The summed E-state index contributed by atoms with van der Waals surface area (Å²) in [6, 6.07) is 13.2. The summed E-state index contributed by atoms with van der Waals surface area (Å²) >= 11 is 11.7. The van der Waals surface area contributed by atoms with Crippen molar-refractivity contribution in [3.8, 4) is 5.75 Å². The van der Waals surface area contributed by atoms with Crippen molar-refractivity contribution in [2.75, 3.05) is 30.4 Å². The summed E-state index contributed by atoms with van der Waals surface area (Å²) in [4.78, 5) is 14.4. The third kappa shape index (κ3) is 6.21. The van der Waals surface area contributed by atoms with Gasteiger partial charge in [-0.1, -0.05) is 30.7 Å². The van der Waals surface area contributed by atoms with Crippen molar-refractivity contribution in [3.63, 3.8) is 0 Å². The van der Waals surface area contributed by atoms with Crippen LogP contribution in [0.3, 0.4) is 0 Å². The van der Waals surface area contributed by atoms with Crippen LogP contribution >= 0.6 is 23.8 Å². The Hall–Kier alpha value is -2.57. The van der Waals surface area contributed by atoms with E-state index >= 15 is 0 Å². The number of carbonyl (C=O) groups excluding carboxylic acids is 1. The lowest BCUT2D eigenvalue weighted by molar-refractivity contribution is -0.115. The van der Waals surface area contributed by atoms with Gasteiger partial charge in [0.15, 0.2) is 5.11 Å². The molecule has 1 aliphatic rings. The molecule has 0 saturated carbocycles. The number of hydrogen-bond acceptors (Lipinski definition) is 4. The Kier molecular flexibility index (Phi) is 7.71. The molecule has 0 spiro atoms. The van der Waals surface area contributed by atoms with Crippen LogP contribution in [-0.4, -0.2) is 31.2 Å². The van der Waals surface area contributed by atoms with Gasteiger partial charge < -0.3 is 15.0 Å². The number of thiocarbonyl (C=S) groups is 1. The molecule has 0 aliphatic carbocycles. The molecule has 1 saturated heterocycles. The van der Waals surface area contributed by atoms with Gasteiger partial charge in [0, 0.05) is 24.9 Å².